The van der Waals surface area contributed by atoms with Crippen molar-refractivity contribution in [3.8, 4) is 5.75 Å². The van der Waals surface area contributed by atoms with Crippen LogP contribution in [0.15, 0.2) is 36.4 Å². The molecule has 1 unspecified atom stereocenters. The van der Waals surface area contributed by atoms with Crippen LogP contribution in [0.3, 0.4) is 0 Å². The van der Waals surface area contributed by atoms with Crippen LogP contribution < -0.4 is 4.74 Å². The van der Waals surface area contributed by atoms with E-state index in [1.54, 1.807) is 0 Å². The normalized spacial score (nSPS) is 22.9. The first-order valence-electron chi connectivity index (χ1n) is 6.23. The molecular weight excluding hydrogens is 212 g/mol. The second-order valence-corrected chi connectivity index (χ2v) is 4.72. The maximum atomic E-state index is 5.84. The lowest BCUT2D eigenvalue weighted by atomic mass is 10.1. The number of epoxide rings is 1. The lowest BCUT2D eigenvalue weighted by molar-refractivity contribution is 0.201. The quantitative estimate of drug-likeness (QED) is 0.554. The lowest BCUT2D eigenvalue weighted by Gasteiger charge is -2.12. The lowest BCUT2D eigenvalue weighted by Crippen LogP contribution is -2.17. The summed E-state index contributed by atoms with van der Waals surface area (Å²) < 4.78 is 11.2. The molecule has 1 heterocycles. The highest BCUT2D eigenvalue weighted by atomic mass is 16.6. The molecule has 1 aliphatic heterocycles. The Morgan fingerprint density at radius 1 is 1.35 bits per heavy atom. The summed E-state index contributed by atoms with van der Waals surface area (Å²) in [6.07, 6.45) is 6.39. The van der Waals surface area contributed by atoms with Gasteiger partial charge in [-0.2, -0.15) is 0 Å². The first-order chi connectivity index (χ1) is 8.23. The maximum absolute atomic E-state index is 5.84. The zero-order chi connectivity index (χ0) is 12.1. The zero-order valence-electron chi connectivity index (χ0n) is 10.6. The van der Waals surface area contributed by atoms with E-state index in [0.717, 1.165) is 25.2 Å². The van der Waals surface area contributed by atoms with Gasteiger partial charge in [-0.3, -0.25) is 0 Å². The van der Waals surface area contributed by atoms with Gasteiger partial charge in [-0.15, -0.1) is 0 Å². The highest BCUT2D eigenvalue weighted by molar-refractivity contribution is 5.35. The molecule has 0 spiro atoms. The topological polar surface area (TPSA) is 21.8 Å². The fourth-order valence-electron chi connectivity index (χ4n) is 1.63. The smallest absolute Gasteiger partial charge is 0.123 e. The van der Waals surface area contributed by atoms with Gasteiger partial charge < -0.3 is 9.47 Å². The molecule has 1 aromatic carbocycles. The monoisotopic (exact) mass is 232 g/mol. The standard InChI is InChI=1S/C15H20O2/c1-3-4-5-8-13-9-6-7-10-14(13)16-11-15(2)12-17-15/h4-7,9-10H,3,8,11-12H2,1-2H3/b5-4+. The van der Waals surface area contributed by atoms with Crippen molar-refractivity contribution >= 4 is 0 Å². The molecule has 0 aliphatic carbocycles. The van der Waals surface area contributed by atoms with Gasteiger partial charge >= 0.3 is 0 Å². The predicted molar refractivity (Wildman–Crippen MR) is 69.4 cm³/mol. The van der Waals surface area contributed by atoms with E-state index in [1.165, 1.54) is 5.56 Å². The van der Waals surface area contributed by atoms with Gasteiger partial charge in [0.1, 0.15) is 18.0 Å². The molecule has 0 aromatic heterocycles. The second-order valence-electron chi connectivity index (χ2n) is 4.72. The molecule has 17 heavy (non-hydrogen) atoms. The first-order valence-corrected chi connectivity index (χ1v) is 6.23. The van der Waals surface area contributed by atoms with Gasteiger partial charge in [-0.25, -0.2) is 0 Å². The molecule has 2 rings (SSSR count). The summed E-state index contributed by atoms with van der Waals surface area (Å²) in [7, 11) is 0. The fourth-order valence-corrected chi connectivity index (χ4v) is 1.63. The van der Waals surface area contributed by atoms with Crippen molar-refractivity contribution in [1.29, 1.82) is 0 Å². The molecule has 2 heteroatoms. The van der Waals surface area contributed by atoms with Crippen molar-refractivity contribution < 1.29 is 9.47 Å². The highest BCUT2D eigenvalue weighted by Crippen LogP contribution is 2.28. The molecular formula is C15H20O2. The maximum Gasteiger partial charge on any atom is 0.123 e. The van der Waals surface area contributed by atoms with Gasteiger partial charge in [0, 0.05) is 0 Å². The van der Waals surface area contributed by atoms with Crippen LogP contribution >= 0.6 is 0 Å². The number of hydrogen-bond acceptors (Lipinski definition) is 2. The molecule has 0 bridgehead atoms. The molecule has 1 aliphatic rings. The van der Waals surface area contributed by atoms with E-state index < -0.39 is 0 Å². The van der Waals surface area contributed by atoms with E-state index >= 15 is 0 Å². The fraction of sp³-hybridized carbons (Fsp3) is 0.467. The van der Waals surface area contributed by atoms with Crippen LogP contribution in [0.2, 0.25) is 0 Å². The molecule has 1 aromatic rings. The molecule has 1 saturated heterocycles. The summed E-state index contributed by atoms with van der Waals surface area (Å²) in [5, 5.41) is 0. The van der Waals surface area contributed by atoms with Gasteiger partial charge in [-0.1, -0.05) is 37.3 Å². The Labute approximate surface area is 103 Å². The molecule has 0 N–H and O–H groups in total. The minimum atomic E-state index is -0.0492. The predicted octanol–water partition coefficient (Wildman–Crippen LogP) is 3.36. The van der Waals surface area contributed by atoms with Crippen molar-refractivity contribution in [2.45, 2.75) is 32.3 Å². The van der Waals surface area contributed by atoms with Crippen molar-refractivity contribution in [3.63, 3.8) is 0 Å². The van der Waals surface area contributed by atoms with Gasteiger partial charge in [0.2, 0.25) is 0 Å². The Hall–Kier alpha value is -1.28. The van der Waals surface area contributed by atoms with Crippen molar-refractivity contribution in [2.75, 3.05) is 13.2 Å². The van der Waals surface area contributed by atoms with Crippen LogP contribution in [-0.4, -0.2) is 18.8 Å². The van der Waals surface area contributed by atoms with E-state index in [1.807, 2.05) is 12.1 Å². The van der Waals surface area contributed by atoms with Gasteiger partial charge in [-0.05, 0) is 31.4 Å². The van der Waals surface area contributed by atoms with Crippen molar-refractivity contribution in [3.05, 3.63) is 42.0 Å². The first kappa shape index (κ1) is 12.2. The Balaban J connectivity index is 1.97. The minimum Gasteiger partial charge on any atom is -0.490 e. The molecule has 92 valence electrons. The average Bonchev–Trinajstić information content (AvgIpc) is 3.07. The Morgan fingerprint density at radius 3 is 2.82 bits per heavy atom. The minimum absolute atomic E-state index is 0.0492. The van der Waals surface area contributed by atoms with Crippen molar-refractivity contribution in [2.24, 2.45) is 0 Å². The molecule has 0 amide bonds. The number of ether oxygens (including phenoxy) is 2. The molecule has 0 radical (unpaired) electrons. The third-order valence-corrected chi connectivity index (χ3v) is 2.88. The third-order valence-electron chi connectivity index (χ3n) is 2.88. The summed E-state index contributed by atoms with van der Waals surface area (Å²) in [6.45, 7) is 5.67. The molecule has 2 nitrogen and oxygen atoms in total. The Kier molecular flexibility index (Phi) is 3.85. The summed E-state index contributed by atoms with van der Waals surface area (Å²) in [5.74, 6) is 0.977. The van der Waals surface area contributed by atoms with Crippen LogP contribution in [0, 0.1) is 0 Å². The molecule has 0 saturated carbocycles. The Bertz CT molecular complexity index is 392. The largest absolute Gasteiger partial charge is 0.490 e. The highest BCUT2D eigenvalue weighted by Gasteiger charge is 2.40. The number of rotatable bonds is 6. The number of hydrogen-bond donors (Lipinski definition) is 0. The van der Waals surface area contributed by atoms with Gasteiger partial charge in [0.05, 0.1) is 6.61 Å². The van der Waals surface area contributed by atoms with Gasteiger partial charge in [0.25, 0.3) is 0 Å². The number of benzene rings is 1. The molecule has 1 fully saturated rings. The van der Waals surface area contributed by atoms with Crippen LogP contribution in [0.25, 0.3) is 0 Å². The SMILES string of the molecule is CC/C=C/Cc1ccccc1OCC1(C)CO1. The van der Waals surface area contributed by atoms with Gasteiger partial charge in [0.15, 0.2) is 0 Å². The third kappa shape index (κ3) is 3.60. The van der Waals surface area contributed by atoms with E-state index in [-0.39, 0.29) is 5.60 Å². The number of para-hydroxylation sites is 1. The van der Waals surface area contributed by atoms with E-state index in [2.05, 4.69) is 38.1 Å². The molecule has 1 atom stereocenters. The Morgan fingerprint density at radius 2 is 2.12 bits per heavy atom. The van der Waals surface area contributed by atoms with Crippen LogP contribution in [0.5, 0.6) is 5.75 Å². The second kappa shape index (κ2) is 5.37. The zero-order valence-corrected chi connectivity index (χ0v) is 10.6. The van der Waals surface area contributed by atoms with Crippen molar-refractivity contribution in [1.82, 2.24) is 0 Å². The average molecular weight is 232 g/mol. The number of allylic oxidation sites excluding steroid dienone is 2. The van der Waals surface area contributed by atoms with E-state index in [4.69, 9.17) is 9.47 Å². The summed E-state index contributed by atoms with van der Waals surface area (Å²) in [4.78, 5) is 0. The van der Waals surface area contributed by atoms with E-state index in [9.17, 15) is 0 Å². The summed E-state index contributed by atoms with van der Waals surface area (Å²) >= 11 is 0. The summed E-state index contributed by atoms with van der Waals surface area (Å²) in [6, 6.07) is 8.21. The van der Waals surface area contributed by atoms with E-state index in [0.29, 0.717) is 6.61 Å². The van der Waals surface area contributed by atoms with Crippen LogP contribution in [0.4, 0.5) is 0 Å². The van der Waals surface area contributed by atoms with Crippen LogP contribution in [-0.2, 0) is 11.2 Å². The summed E-state index contributed by atoms with van der Waals surface area (Å²) in [5.41, 5.74) is 1.19. The van der Waals surface area contributed by atoms with Crippen LogP contribution in [0.1, 0.15) is 25.8 Å².